The molecule has 0 unspecified atom stereocenters. The van der Waals surface area contributed by atoms with Gasteiger partial charge in [-0.15, -0.1) is 0 Å². The van der Waals surface area contributed by atoms with Crippen LogP contribution in [0.1, 0.15) is 50.7 Å². The first kappa shape index (κ1) is 12.7. The van der Waals surface area contributed by atoms with Crippen LogP contribution in [0.5, 0.6) is 0 Å². The predicted octanol–water partition coefficient (Wildman–Crippen LogP) is 4.17. The molecule has 0 fully saturated rings. The number of rotatable bonds is 3. The Labute approximate surface area is 108 Å². The lowest BCUT2D eigenvalue weighted by Crippen LogP contribution is -1.95. The van der Waals surface area contributed by atoms with E-state index >= 15 is 0 Å². The van der Waals surface area contributed by atoms with Gasteiger partial charge in [0.15, 0.2) is 0 Å². The molecule has 1 heterocycles. The Hall–Kier alpha value is -1.77. The van der Waals surface area contributed by atoms with Crippen LogP contribution in [0, 0.1) is 0 Å². The number of nitrogens with zero attached hydrogens (tertiary/aromatic N) is 1. The van der Waals surface area contributed by atoms with Crippen LogP contribution in [0.2, 0.25) is 0 Å². The molecule has 18 heavy (non-hydrogen) atoms. The average Bonchev–Trinajstić information content (AvgIpc) is 2.71. The van der Waals surface area contributed by atoms with Crippen LogP contribution < -0.4 is 5.73 Å². The molecule has 0 aliphatic heterocycles. The highest BCUT2D eigenvalue weighted by Gasteiger charge is 2.18. The zero-order chi connectivity index (χ0) is 13.3. The van der Waals surface area contributed by atoms with Gasteiger partial charge in [0.05, 0.1) is 0 Å². The second kappa shape index (κ2) is 4.84. The number of nitrogens with two attached hydrogens (primary N) is 1. The predicted molar refractivity (Wildman–Crippen MR) is 74.5 cm³/mol. The molecule has 0 saturated carbocycles. The summed E-state index contributed by atoms with van der Waals surface area (Å²) < 4.78 is 5.12. The number of anilines is 1. The third-order valence-corrected chi connectivity index (χ3v) is 3.18. The Bertz CT molecular complexity index is 524. The minimum absolute atomic E-state index is 0.302. The van der Waals surface area contributed by atoms with E-state index in [4.69, 9.17) is 10.3 Å². The summed E-state index contributed by atoms with van der Waals surface area (Å²) in [7, 11) is 0. The van der Waals surface area contributed by atoms with E-state index in [0.717, 1.165) is 16.8 Å². The highest BCUT2D eigenvalue weighted by molar-refractivity contribution is 5.68. The number of nitrogen functional groups attached to an aromatic ring is 1. The molecule has 0 saturated heterocycles. The van der Waals surface area contributed by atoms with Gasteiger partial charge in [0.1, 0.15) is 5.69 Å². The normalized spacial score (nSPS) is 11.4. The Morgan fingerprint density at radius 2 is 1.61 bits per heavy atom. The summed E-state index contributed by atoms with van der Waals surface area (Å²) in [6.07, 6.45) is 0. The first-order valence-corrected chi connectivity index (χ1v) is 6.36. The van der Waals surface area contributed by atoms with Crippen molar-refractivity contribution in [1.29, 1.82) is 0 Å². The lowest BCUT2D eigenvalue weighted by molar-refractivity contribution is 0.438. The fourth-order valence-corrected chi connectivity index (χ4v) is 2.10. The van der Waals surface area contributed by atoms with E-state index in [1.807, 2.05) is 0 Å². The Morgan fingerprint density at radius 1 is 1.00 bits per heavy atom. The molecule has 0 spiro atoms. The molecule has 2 aromatic rings. The molecule has 0 bridgehead atoms. The second-order valence-corrected chi connectivity index (χ2v) is 5.24. The van der Waals surface area contributed by atoms with Crippen LogP contribution in [-0.4, -0.2) is 5.16 Å². The monoisotopic (exact) mass is 244 g/mol. The SMILES string of the molecule is CC(C)c1ccc(-c2noc(N)c2C(C)C)cc1. The van der Waals surface area contributed by atoms with E-state index in [0.29, 0.717) is 17.7 Å². The van der Waals surface area contributed by atoms with Crippen molar-refractivity contribution < 1.29 is 4.52 Å². The number of aromatic nitrogens is 1. The van der Waals surface area contributed by atoms with Crippen molar-refractivity contribution in [3.63, 3.8) is 0 Å². The van der Waals surface area contributed by atoms with Gasteiger partial charge in [-0.25, -0.2) is 0 Å². The van der Waals surface area contributed by atoms with Crippen LogP contribution in [0.3, 0.4) is 0 Å². The first-order valence-electron chi connectivity index (χ1n) is 6.36. The van der Waals surface area contributed by atoms with Gasteiger partial charge in [-0.3, -0.25) is 0 Å². The maximum Gasteiger partial charge on any atom is 0.226 e. The van der Waals surface area contributed by atoms with E-state index in [9.17, 15) is 0 Å². The number of hydrogen-bond acceptors (Lipinski definition) is 3. The Kier molecular flexibility index (Phi) is 3.41. The van der Waals surface area contributed by atoms with Crippen molar-refractivity contribution in [2.24, 2.45) is 0 Å². The number of benzene rings is 1. The van der Waals surface area contributed by atoms with Gasteiger partial charge in [0.25, 0.3) is 0 Å². The zero-order valence-electron chi connectivity index (χ0n) is 11.4. The Morgan fingerprint density at radius 3 is 2.11 bits per heavy atom. The molecule has 1 aromatic heterocycles. The fourth-order valence-electron chi connectivity index (χ4n) is 2.10. The maximum absolute atomic E-state index is 5.83. The summed E-state index contributed by atoms with van der Waals surface area (Å²) >= 11 is 0. The molecule has 1 aromatic carbocycles. The zero-order valence-corrected chi connectivity index (χ0v) is 11.4. The quantitative estimate of drug-likeness (QED) is 0.881. The van der Waals surface area contributed by atoms with Gasteiger partial charge in [0, 0.05) is 11.1 Å². The molecule has 2 rings (SSSR count). The van der Waals surface area contributed by atoms with Crippen LogP contribution in [0.15, 0.2) is 28.8 Å². The van der Waals surface area contributed by atoms with Gasteiger partial charge in [-0.1, -0.05) is 57.1 Å². The van der Waals surface area contributed by atoms with Crippen LogP contribution >= 0.6 is 0 Å². The van der Waals surface area contributed by atoms with Crippen molar-refractivity contribution in [1.82, 2.24) is 5.16 Å². The minimum Gasteiger partial charge on any atom is -0.367 e. The molecular weight excluding hydrogens is 224 g/mol. The molecular formula is C15H20N2O. The first-order chi connectivity index (χ1) is 8.50. The molecule has 3 nitrogen and oxygen atoms in total. The van der Waals surface area contributed by atoms with E-state index in [1.165, 1.54) is 5.56 Å². The molecule has 0 aliphatic rings. The summed E-state index contributed by atoms with van der Waals surface area (Å²) in [4.78, 5) is 0. The summed E-state index contributed by atoms with van der Waals surface area (Å²) in [5.41, 5.74) is 10.1. The van der Waals surface area contributed by atoms with Crippen molar-refractivity contribution in [2.45, 2.75) is 39.5 Å². The smallest absolute Gasteiger partial charge is 0.226 e. The molecule has 0 radical (unpaired) electrons. The summed E-state index contributed by atoms with van der Waals surface area (Å²) in [5, 5.41) is 4.08. The summed E-state index contributed by atoms with van der Waals surface area (Å²) in [6, 6.07) is 8.43. The molecule has 0 aliphatic carbocycles. The van der Waals surface area contributed by atoms with Gasteiger partial charge in [0.2, 0.25) is 5.88 Å². The van der Waals surface area contributed by atoms with Gasteiger partial charge >= 0.3 is 0 Å². The largest absolute Gasteiger partial charge is 0.367 e. The van der Waals surface area contributed by atoms with E-state index in [2.05, 4.69) is 57.1 Å². The van der Waals surface area contributed by atoms with Crippen LogP contribution in [-0.2, 0) is 0 Å². The standard InChI is InChI=1S/C15H20N2O/c1-9(2)11-5-7-12(8-6-11)14-13(10(3)4)15(16)18-17-14/h5-10H,16H2,1-4H3. The lowest BCUT2D eigenvalue weighted by atomic mass is 9.96. The lowest BCUT2D eigenvalue weighted by Gasteiger charge is -2.08. The van der Waals surface area contributed by atoms with Crippen molar-refractivity contribution in [3.8, 4) is 11.3 Å². The molecule has 96 valence electrons. The number of hydrogen-bond donors (Lipinski definition) is 1. The minimum atomic E-state index is 0.302. The Balaban J connectivity index is 2.43. The third-order valence-electron chi connectivity index (χ3n) is 3.18. The van der Waals surface area contributed by atoms with Gasteiger partial charge in [-0.2, -0.15) is 0 Å². The average molecular weight is 244 g/mol. The summed E-state index contributed by atoms with van der Waals surface area (Å²) in [5.74, 6) is 1.26. The van der Waals surface area contributed by atoms with Crippen LogP contribution in [0.4, 0.5) is 5.88 Å². The highest BCUT2D eigenvalue weighted by Crippen LogP contribution is 2.33. The topological polar surface area (TPSA) is 52.0 Å². The second-order valence-electron chi connectivity index (χ2n) is 5.24. The van der Waals surface area contributed by atoms with Crippen molar-refractivity contribution in [2.75, 3.05) is 5.73 Å². The maximum atomic E-state index is 5.83. The van der Waals surface area contributed by atoms with Crippen molar-refractivity contribution >= 4 is 5.88 Å². The molecule has 0 atom stereocenters. The van der Waals surface area contributed by atoms with Gasteiger partial charge in [-0.05, 0) is 17.4 Å². The van der Waals surface area contributed by atoms with E-state index in [-0.39, 0.29) is 0 Å². The van der Waals surface area contributed by atoms with Crippen LogP contribution in [0.25, 0.3) is 11.3 Å². The van der Waals surface area contributed by atoms with E-state index in [1.54, 1.807) is 0 Å². The van der Waals surface area contributed by atoms with Crippen molar-refractivity contribution in [3.05, 3.63) is 35.4 Å². The fraction of sp³-hybridized carbons (Fsp3) is 0.400. The summed E-state index contributed by atoms with van der Waals surface area (Å²) in [6.45, 7) is 8.55. The third kappa shape index (κ3) is 2.26. The highest BCUT2D eigenvalue weighted by atomic mass is 16.5. The van der Waals surface area contributed by atoms with Gasteiger partial charge < -0.3 is 10.3 Å². The molecule has 3 heteroatoms. The molecule has 2 N–H and O–H groups in total. The molecule has 0 amide bonds. The van der Waals surface area contributed by atoms with E-state index < -0.39 is 0 Å².